The lowest BCUT2D eigenvalue weighted by Crippen LogP contribution is -2.28. The number of rotatable bonds is 3. The second-order valence-corrected chi connectivity index (χ2v) is 1.32. The molecule has 0 heterocycles. The summed E-state index contributed by atoms with van der Waals surface area (Å²) in [5, 5.41) is 9.99. The van der Waals surface area contributed by atoms with Gasteiger partial charge in [-0.05, 0) is 0 Å². The number of carboxylic acids is 1. The van der Waals surface area contributed by atoms with E-state index in [9.17, 15) is 9.59 Å². The highest BCUT2D eigenvalue weighted by Gasteiger charge is 2.00. The maximum Gasteiger partial charge on any atom is 0.412 e. The van der Waals surface area contributed by atoms with E-state index in [4.69, 9.17) is 5.11 Å². The number of carboxylic acid groups (broad SMARTS) is 1. The molecule has 0 rings (SSSR count). The van der Waals surface area contributed by atoms with Gasteiger partial charge in [0.05, 0.1) is 6.26 Å². The number of amides is 1. The van der Waals surface area contributed by atoms with Crippen molar-refractivity contribution < 1.29 is 19.4 Å². The summed E-state index contributed by atoms with van der Waals surface area (Å²) < 4.78 is 4.14. The fraction of sp³-hybridized carbons (Fsp3) is 0.200. The minimum atomic E-state index is -1.12. The summed E-state index contributed by atoms with van der Waals surface area (Å²) in [7, 11) is 0. The van der Waals surface area contributed by atoms with Gasteiger partial charge in [-0.2, -0.15) is 0 Å². The summed E-state index contributed by atoms with van der Waals surface area (Å²) in [6, 6.07) is 0. The molecule has 5 heteroatoms. The van der Waals surface area contributed by atoms with E-state index in [-0.39, 0.29) is 0 Å². The highest BCUT2D eigenvalue weighted by molar-refractivity contribution is 5.76. The molecule has 0 aromatic rings. The van der Waals surface area contributed by atoms with Gasteiger partial charge in [-0.15, -0.1) is 0 Å². The molecule has 0 bridgehead atoms. The fourth-order valence-electron chi connectivity index (χ4n) is 0.265. The maximum absolute atomic E-state index is 10.3. The van der Waals surface area contributed by atoms with Crippen LogP contribution < -0.4 is 5.32 Å². The standard InChI is InChI=1S/C5H7NO4/c1-2-10-5(9)6-3-4(7)8/h2H,1,3H2,(H,6,9)(H,7,8). The van der Waals surface area contributed by atoms with Gasteiger partial charge in [-0.3, -0.25) is 4.79 Å². The van der Waals surface area contributed by atoms with E-state index in [1.54, 1.807) is 0 Å². The maximum atomic E-state index is 10.3. The Kier molecular flexibility index (Phi) is 3.70. The van der Waals surface area contributed by atoms with Crippen LogP contribution in [0.25, 0.3) is 0 Å². The van der Waals surface area contributed by atoms with Crippen LogP contribution in [-0.2, 0) is 9.53 Å². The Bertz CT molecular complexity index is 154. The van der Waals surface area contributed by atoms with E-state index in [0.717, 1.165) is 6.26 Å². The third kappa shape index (κ3) is 4.63. The second-order valence-electron chi connectivity index (χ2n) is 1.32. The van der Waals surface area contributed by atoms with Gasteiger partial charge in [0.25, 0.3) is 0 Å². The van der Waals surface area contributed by atoms with Crippen molar-refractivity contribution in [3.8, 4) is 0 Å². The largest absolute Gasteiger partial charge is 0.480 e. The van der Waals surface area contributed by atoms with Crippen molar-refractivity contribution in [3.05, 3.63) is 12.8 Å². The molecule has 56 valence electrons. The molecule has 2 N–H and O–H groups in total. The summed E-state index contributed by atoms with van der Waals surface area (Å²) in [4.78, 5) is 20.1. The van der Waals surface area contributed by atoms with Crippen molar-refractivity contribution in [2.45, 2.75) is 0 Å². The van der Waals surface area contributed by atoms with Crippen LogP contribution in [0.15, 0.2) is 12.8 Å². The molecule has 0 fully saturated rings. The van der Waals surface area contributed by atoms with Crippen LogP contribution in [-0.4, -0.2) is 23.7 Å². The number of alkyl carbamates (subject to hydrolysis) is 1. The van der Waals surface area contributed by atoms with Gasteiger partial charge in [0, 0.05) is 0 Å². The third-order valence-electron chi connectivity index (χ3n) is 0.574. The average Bonchev–Trinajstić information content (AvgIpc) is 1.85. The van der Waals surface area contributed by atoms with Gasteiger partial charge in [-0.25, -0.2) is 4.79 Å². The number of ether oxygens (including phenoxy) is 1. The number of carbonyl (C=O) groups is 2. The van der Waals surface area contributed by atoms with Crippen molar-refractivity contribution in [2.75, 3.05) is 6.54 Å². The number of aliphatic carboxylic acids is 1. The van der Waals surface area contributed by atoms with Gasteiger partial charge in [0.2, 0.25) is 0 Å². The van der Waals surface area contributed by atoms with Gasteiger partial charge in [0.1, 0.15) is 6.54 Å². The van der Waals surface area contributed by atoms with E-state index < -0.39 is 18.6 Å². The van der Waals surface area contributed by atoms with Crippen LogP contribution >= 0.6 is 0 Å². The smallest absolute Gasteiger partial charge is 0.412 e. The Morgan fingerprint density at radius 3 is 2.70 bits per heavy atom. The minimum absolute atomic E-state index is 0.452. The van der Waals surface area contributed by atoms with Crippen LogP contribution in [0.4, 0.5) is 4.79 Å². The summed E-state index contributed by atoms with van der Waals surface area (Å²) in [6.45, 7) is 2.65. The topological polar surface area (TPSA) is 75.6 Å². The van der Waals surface area contributed by atoms with Gasteiger partial charge in [-0.1, -0.05) is 6.58 Å². The van der Waals surface area contributed by atoms with E-state index in [1.165, 1.54) is 0 Å². The molecule has 0 aromatic heterocycles. The van der Waals surface area contributed by atoms with Gasteiger partial charge < -0.3 is 15.2 Å². The predicted octanol–water partition coefficient (Wildman–Crippen LogP) is -0.0593. The normalized spacial score (nSPS) is 8.00. The highest BCUT2D eigenvalue weighted by Crippen LogP contribution is 1.74. The van der Waals surface area contributed by atoms with Crippen LogP contribution in [0.1, 0.15) is 0 Å². The lowest BCUT2D eigenvalue weighted by molar-refractivity contribution is -0.135. The van der Waals surface area contributed by atoms with Crippen LogP contribution in [0.2, 0.25) is 0 Å². The molecule has 0 aromatic carbocycles. The third-order valence-corrected chi connectivity index (χ3v) is 0.574. The Morgan fingerprint density at radius 2 is 2.30 bits per heavy atom. The molecule has 0 unspecified atom stereocenters. The number of carbonyl (C=O) groups excluding carboxylic acids is 1. The monoisotopic (exact) mass is 145 g/mol. The molecule has 0 atom stereocenters. The van der Waals surface area contributed by atoms with E-state index >= 15 is 0 Å². The molecule has 10 heavy (non-hydrogen) atoms. The fourth-order valence-corrected chi connectivity index (χ4v) is 0.265. The second kappa shape index (κ2) is 4.37. The summed E-state index contributed by atoms with van der Waals surface area (Å²) >= 11 is 0. The number of hydrogen-bond donors (Lipinski definition) is 2. The zero-order valence-electron chi connectivity index (χ0n) is 5.16. The quantitative estimate of drug-likeness (QED) is 0.545. The first kappa shape index (κ1) is 8.48. The zero-order valence-corrected chi connectivity index (χ0v) is 5.16. The van der Waals surface area contributed by atoms with Crippen LogP contribution in [0, 0.1) is 0 Å². The molecule has 0 spiro atoms. The predicted molar refractivity (Wildman–Crippen MR) is 32.3 cm³/mol. The average molecular weight is 145 g/mol. The summed E-state index contributed by atoms with van der Waals surface area (Å²) in [5.74, 6) is -1.12. The van der Waals surface area contributed by atoms with E-state index in [0.29, 0.717) is 0 Å². The van der Waals surface area contributed by atoms with E-state index in [2.05, 4.69) is 11.3 Å². The minimum Gasteiger partial charge on any atom is -0.480 e. The van der Waals surface area contributed by atoms with Crippen molar-refractivity contribution in [2.24, 2.45) is 0 Å². The highest BCUT2D eigenvalue weighted by atomic mass is 16.5. The molecule has 0 aliphatic rings. The first-order valence-electron chi connectivity index (χ1n) is 2.44. The van der Waals surface area contributed by atoms with Crippen molar-refractivity contribution in [1.82, 2.24) is 5.32 Å². The van der Waals surface area contributed by atoms with Crippen molar-refractivity contribution >= 4 is 12.1 Å². The SMILES string of the molecule is C=COC(=O)NCC(=O)O. The molecule has 0 saturated carbocycles. The van der Waals surface area contributed by atoms with Crippen LogP contribution in [0.3, 0.4) is 0 Å². The molecule has 1 amide bonds. The van der Waals surface area contributed by atoms with Gasteiger partial charge >= 0.3 is 12.1 Å². The van der Waals surface area contributed by atoms with Crippen LogP contribution in [0.5, 0.6) is 0 Å². The first-order chi connectivity index (χ1) is 4.66. The lowest BCUT2D eigenvalue weighted by atomic mass is 10.7. The van der Waals surface area contributed by atoms with E-state index in [1.807, 2.05) is 5.32 Å². The molecule has 0 radical (unpaired) electrons. The first-order valence-corrected chi connectivity index (χ1v) is 2.44. The Labute approximate surface area is 57.3 Å². The molecular weight excluding hydrogens is 138 g/mol. The molecule has 0 saturated heterocycles. The van der Waals surface area contributed by atoms with Crippen molar-refractivity contribution in [1.29, 1.82) is 0 Å². The molecule has 0 aliphatic carbocycles. The lowest BCUT2D eigenvalue weighted by Gasteiger charge is -1.97. The Hall–Kier alpha value is -1.52. The molecular formula is C5H7NO4. The van der Waals surface area contributed by atoms with Crippen molar-refractivity contribution in [3.63, 3.8) is 0 Å². The Morgan fingerprint density at radius 1 is 1.70 bits per heavy atom. The zero-order chi connectivity index (χ0) is 7.98. The number of nitrogens with one attached hydrogen (secondary N) is 1. The number of hydrogen-bond acceptors (Lipinski definition) is 3. The molecule has 0 aliphatic heterocycles. The summed E-state index contributed by atoms with van der Waals surface area (Å²) in [6.07, 6.45) is 0.0920. The summed E-state index contributed by atoms with van der Waals surface area (Å²) in [5.41, 5.74) is 0. The Balaban J connectivity index is 3.39. The van der Waals surface area contributed by atoms with Gasteiger partial charge in [0.15, 0.2) is 0 Å². The molecule has 5 nitrogen and oxygen atoms in total.